The van der Waals surface area contributed by atoms with E-state index in [0.29, 0.717) is 17.1 Å². The molecule has 2 saturated heterocycles. The Kier molecular flexibility index (Phi) is 10.5. The van der Waals surface area contributed by atoms with Crippen LogP contribution in [-0.4, -0.2) is 73.4 Å². The first kappa shape index (κ1) is 31.9. The molecule has 0 aliphatic carbocycles. The third kappa shape index (κ3) is 7.17. The fourth-order valence-corrected chi connectivity index (χ4v) is 6.82. The summed E-state index contributed by atoms with van der Waals surface area (Å²) in [5.41, 5.74) is 0.309. The standard InChI is InChI=1S/C30H48N2O6S/c1-8-12-32-23-14-22(19(3)13-21-17-39-25(16-33)31-21)38-26(35)15-24(34)29(5,6)28(37)20(4)27(36)18(2)10-9-11-30(23,32)7/h13,17-18,20,22-24,27,33-34,36H,8-12,14-16H2,1-7H3/b19-13+/t18-,20+,22-,23-,24-,27-,30+,32?/m0/s1. The smallest absolute Gasteiger partial charge is 0.309 e. The van der Waals surface area contributed by atoms with Gasteiger partial charge in [0.05, 0.1) is 36.3 Å². The number of aliphatic hydroxyl groups is 3. The largest absolute Gasteiger partial charge is 0.458 e. The number of carbonyl (C=O) groups is 2. The molecule has 3 N–H and O–H groups in total. The third-order valence-electron chi connectivity index (χ3n) is 9.13. The van der Waals surface area contributed by atoms with Gasteiger partial charge >= 0.3 is 5.97 Å². The molecule has 0 aromatic carbocycles. The Bertz CT molecular complexity index is 1040. The van der Waals surface area contributed by atoms with Crippen molar-refractivity contribution in [3.63, 3.8) is 0 Å². The van der Waals surface area contributed by atoms with Crippen LogP contribution in [0.1, 0.15) is 97.7 Å². The van der Waals surface area contributed by atoms with Gasteiger partial charge in [0.25, 0.3) is 0 Å². The molecule has 8 nitrogen and oxygen atoms in total. The van der Waals surface area contributed by atoms with Crippen LogP contribution in [0.25, 0.3) is 6.08 Å². The second-order valence-corrected chi connectivity index (χ2v) is 13.4. The number of carbonyl (C=O) groups excluding carboxylic acids is 2. The van der Waals surface area contributed by atoms with E-state index in [1.807, 2.05) is 25.3 Å². The first-order valence-corrected chi connectivity index (χ1v) is 15.2. The molecule has 3 heterocycles. The summed E-state index contributed by atoms with van der Waals surface area (Å²) in [4.78, 5) is 33.4. The van der Waals surface area contributed by atoms with Gasteiger partial charge in [-0.05, 0) is 57.2 Å². The molecule has 1 aromatic rings. The number of Topliss-reactive ketones (excluding diaryl/α,β-unsaturated/α-hetero) is 1. The average molecular weight is 565 g/mol. The minimum Gasteiger partial charge on any atom is -0.458 e. The van der Waals surface area contributed by atoms with Crippen LogP contribution in [0.4, 0.5) is 0 Å². The van der Waals surface area contributed by atoms with Crippen molar-refractivity contribution in [1.82, 2.24) is 9.88 Å². The highest BCUT2D eigenvalue weighted by Crippen LogP contribution is 2.48. The number of aromatic nitrogens is 1. The number of rotatable bonds is 5. The van der Waals surface area contributed by atoms with Gasteiger partial charge in [0.15, 0.2) is 0 Å². The normalized spacial score (nSPS) is 36.8. The van der Waals surface area contributed by atoms with Crippen LogP contribution >= 0.6 is 11.3 Å². The van der Waals surface area contributed by atoms with Gasteiger partial charge < -0.3 is 20.1 Å². The summed E-state index contributed by atoms with van der Waals surface area (Å²) in [5, 5.41) is 33.9. The second-order valence-electron chi connectivity index (χ2n) is 12.4. The molecule has 2 aliphatic heterocycles. The predicted molar refractivity (Wildman–Crippen MR) is 153 cm³/mol. The van der Waals surface area contributed by atoms with E-state index in [4.69, 9.17) is 4.74 Å². The summed E-state index contributed by atoms with van der Waals surface area (Å²) < 4.78 is 6.02. The molecule has 0 radical (unpaired) electrons. The lowest BCUT2D eigenvalue weighted by Crippen LogP contribution is -2.45. The van der Waals surface area contributed by atoms with Gasteiger partial charge in [-0.2, -0.15) is 0 Å². The lowest BCUT2D eigenvalue weighted by molar-refractivity contribution is -0.154. The number of ether oxygens (including phenoxy) is 1. The molecular formula is C30H48N2O6S. The van der Waals surface area contributed by atoms with E-state index in [9.17, 15) is 24.9 Å². The molecule has 0 amide bonds. The Morgan fingerprint density at radius 3 is 2.56 bits per heavy atom. The monoisotopic (exact) mass is 564 g/mol. The van der Waals surface area contributed by atoms with Gasteiger partial charge in [0.1, 0.15) is 16.9 Å². The zero-order valence-corrected chi connectivity index (χ0v) is 25.5. The van der Waals surface area contributed by atoms with Crippen molar-refractivity contribution in [1.29, 1.82) is 0 Å². The van der Waals surface area contributed by atoms with Crippen molar-refractivity contribution >= 4 is 29.2 Å². The van der Waals surface area contributed by atoms with Crippen LogP contribution in [0.3, 0.4) is 0 Å². The summed E-state index contributed by atoms with van der Waals surface area (Å²) in [7, 11) is 0. The van der Waals surface area contributed by atoms with Crippen LogP contribution < -0.4 is 0 Å². The van der Waals surface area contributed by atoms with Crippen LogP contribution in [0.2, 0.25) is 0 Å². The van der Waals surface area contributed by atoms with E-state index in [0.717, 1.165) is 37.8 Å². The number of cyclic esters (lactones) is 1. The van der Waals surface area contributed by atoms with Crippen LogP contribution in [0, 0.1) is 17.3 Å². The second kappa shape index (κ2) is 12.9. The number of nitrogens with zero attached hydrogens (tertiary/aromatic N) is 2. The van der Waals surface area contributed by atoms with Gasteiger partial charge in [-0.25, -0.2) is 4.98 Å². The molecule has 0 saturated carbocycles. The number of thiazole rings is 1. The quantitative estimate of drug-likeness (QED) is 0.357. The maximum atomic E-state index is 13.3. The van der Waals surface area contributed by atoms with Crippen molar-refractivity contribution in [2.45, 2.75) is 123 Å². The van der Waals surface area contributed by atoms with Crippen molar-refractivity contribution < 1.29 is 29.6 Å². The van der Waals surface area contributed by atoms with Gasteiger partial charge in [-0.1, -0.05) is 41.0 Å². The number of aliphatic hydroxyl groups excluding tert-OH is 3. The Morgan fingerprint density at radius 2 is 1.95 bits per heavy atom. The summed E-state index contributed by atoms with van der Waals surface area (Å²) in [6.45, 7) is 14.1. The number of hydrogen-bond acceptors (Lipinski definition) is 9. The fraction of sp³-hybridized carbons (Fsp3) is 0.767. The minimum absolute atomic E-state index is 0.0314. The molecule has 1 aromatic heterocycles. The number of hydrogen-bond donors (Lipinski definition) is 3. The van der Waals surface area contributed by atoms with Gasteiger partial charge in [-0.3, -0.25) is 14.5 Å². The zero-order valence-electron chi connectivity index (χ0n) is 24.6. The predicted octanol–water partition coefficient (Wildman–Crippen LogP) is 4.36. The molecule has 0 spiro atoms. The van der Waals surface area contributed by atoms with E-state index < -0.39 is 35.6 Å². The van der Waals surface area contributed by atoms with Crippen LogP contribution in [0.15, 0.2) is 11.0 Å². The highest BCUT2D eigenvalue weighted by atomic mass is 32.1. The van der Waals surface area contributed by atoms with E-state index in [2.05, 4.69) is 23.7 Å². The first-order valence-electron chi connectivity index (χ1n) is 14.4. The maximum absolute atomic E-state index is 13.3. The summed E-state index contributed by atoms with van der Waals surface area (Å²) >= 11 is 1.38. The van der Waals surface area contributed by atoms with Crippen molar-refractivity contribution in [2.75, 3.05) is 6.54 Å². The maximum Gasteiger partial charge on any atom is 0.309 e. The van der Waals surface area contributed by atoms with E-state index in [1.165, 1.54) is 11.3 Å². The molecule has 8 atom stereocenters. The Labute approximate surface area is 237 Å². The lowest BCUT2D eigenvalue weighted by Gasteiger charge is -2.34. The summed E-state index contributed by atoms with van der Waals surface area (Å²) in [6.07, 6.45) is 3.33. The minimum atomic E-state index is -1.24. The lowest BCUT2D eigenvalue weighted by atomic mass is 9.73. The van der Waals surface area contributed by atoms with Crippen molar-refractivity contribution in [3.05, 3.63) is 21.7 Å². The molecule has 39 heavy (non-hydrogen) atoms. The van der Waals surface area contributed by atoms with Crippen molar-refractivity contribution in [2.24, 2.45) is 17.3 Å². The molecule has 9 heteroatoms. The molecule has 3 rings (SSSR count). The van der Waals surface area contributed by atoms with E-state index in [1.54, 1.807) is 20.8 Å². The summed E-state index contributed by atoms with van der Waals surface area (Å²) in [6, 6.07) is 0.233. The van der Waals surface area contributed by atoms with Gasteiger partial charge in [-0.15, -0.1) is 11.3 Å². The molecule has 0 bridgehead atoms. The molecule has 1 unspecified atom stereocenters. The Hall–Kier alpha value is -1.65. The number of esters is 1. The molecule has 2 aliphatic rings. The third-order valence-corrected chi connectivity index (χ3v) is 9.98. The van der Waals surface area contributed by atoms with Crippen LogP contribution in [-0.2, 0) is 20.9 Å². The van der Waals surface area contributed by atoms with Gasteiger partial charge in [0.2, 0.25) is 0 Å². The molecule has 220 valence electrons. The average Bonchev–Trinajstić information content (AvgIpc) is 3.19. The Morgan fingerprint density at radius 1 is 1.26 bits per heavy atom. The number of fused-ring (bicyclic) bond motifs is 1. The Balaban J connectivity index is 1.93. The molecule has 2 fully saturated rings. The van der Waals surface area contributed by atoms with Crippen molar-refractivity contribution in [3.8, 4) is 0 Å². The summed E-state index contributed by atoms with van der Waals surface area (Å²) in [5.74, 6) is -1.54. The SMILES string of the molecule is CCCN1[C@H]2C[C@@H](/C(C)=C/c3csc(CO)n3)OC(=O)C[C@H](O)C(C)(C)C(=O)[C@H](C)[C@@H](O)[C@@H](C)CCC[C@]21C. The fourth-order valence-electron chi connectivity index (χ4n) is 6.21. The highest BCUT2D eigenvalue weighted by molar-refractivity contribution is 7.09. The van der Waals surface area contributed by atoms with E-state index in [-0.39, 0.29) is 36.3 Å². The highest BCUT2D eigenvalue weighted by Gasteiger charge is 2.58. The topological polar surface area (TPSA) is 120 Å². The number of ketones is 1. The van der Waals surface area contributed by atoms with Crippen LogP contribution in [0.5, 0.6) is 0 Å². The van der Waals surface area contributed by atoms with E-state index >= 15 is 0 Å². The van der Waals surface area contributed by atoms with Gasteiger partial charge in [0, 0.05) is 29.3 Å². The molecular weight excluding hydrogens is 516 g/mol. The first-order chi connectivity index (χ1) is 18.3. The zero-order chi connectivity index (χ0) is 29.1.